The Hall–Kier alpha value is -2.09. The van der Waals surface area contributed by atoms with E-state index < -0.39 is 16.0 Å². The molecule has 1 aromatic carbocycles. The van der Waals surface area contributed by atoms with Crippen molar-refractivity contribution in [2.45, 2.75) is 37.0 Å². The van der Waals surface area contributed by atoms with Gasteiger partial charge in [-0.2, -0.15) is 8.42 Å². The predicted molar refractivity (Wildman–Crippen MR) is 84.6 cm³/mol. The average molecular weight is 324 g/mol. The summed E-state index contributed by atoms with van der Waals surface area (Å²) in [4.78, 5) is 12.1. The molecule has 0 heterocycles. The lowest BCUT2D eigenvalue weighted by atomic mass is 9.88. The highest BCUT2D eigenvalue weighted by atomic mass is 32.2. The van der Waals surface area contributed by atoms with Crippen LogP contribution >= 0.6 is 0 Å². The van der Waals surface area contributed by atoms with Crippen molar-refractivity contribution in [2.75, 3.05) is 5.32 Å². The Labute approximate surface area is 129 Å². The molecule has 1 amide bonds. The molecule has 1 aliphatic carbocycles. The Morgan fingerprint density at radius 2 is 1.68 bits per heavy atom. The number of nitrogens with two attached hydrogens (primary N) is 2. The van der Waals surface area contributed by atoms with Crippen LogP contribution in [0.4, 0.5) is 5.69 Å². The number of guanidine groups is 1. The molecular weight excluding hydrogens is 304 g/mol. The zero-order chi connectivity index (χ0) is 16.2. The second-order valence-electron chi connectivity index (χ2n) is 5.34. The molecule has 7 nitrogen and oxygen atoms in total. The van der Waals surface area contributed by atoms with E-state index in [0.29, 0.717) is 5.69 Å². The Bertz CT molecular complexity index is 658. The minimum absolute atomic E-state index is 0.0143. The number of nitrogens with zero attached hydrogens (tertiary/aromatic N) is 1. The number of anilines is 1. The summed E-state index contributed by atoms with van der Waals surface area (Å²) in [5, 5.41) is 2.81. The molecule has 1 saturated carbocycles. The summed E-state index contributed by atoms with van der Waals surface area (Å²) in [6.45, 7) is 0. The average Bonchev–Trinajstić information content (AvgIpc) is 2.47. The molecule has 8 heteroatoms. The smallest absolute Gasteiger partial charge is 0.285 e. The Balaban J connectivity index is 2.06. The maximum Gasteiger partial charge on any atom is 0.285 e. The fourth-order valence-electron chi connectivity index (χ4n) is 2.51. The molecule has 1 aliphatic rings. The van der Waals surface area contributed by atoms with Gasteiger partial charge in [0, 0.05) is 11.6 Å². The van der Waals surface area contributed by atoms with Gasteiger partial charge in [-0.1, -0.05) is 19.3 Å². The first-order chi connectivity index (χ1) is 10.4. The summed E-state index contributed by atoms with van der Waals surface area (Å²) in [6, 6.07) is 5.77. The molecule has 1 fully saturated rings. The topological polar surface area (TPSA) is 128 Å². The number of hydrogen-bond acceptors (Lipinski definition) is 3. The third-order valence-corrected chi connectivity index (χ3v) is 4.94. The van der Waals surface area contributed by atoms with Crippen molar-refractivity contribution in [3.05, 3.63) is 24.3 Å². The van der Waals surface area contributed by atoms with Gasteiger partial charge < -0.3 is 16.8 Å². The van der Waals surface area contributed by atoms with Gasteiger partial charge in [0.05, 0.1) is 4.90 Å². The third-order valence-electron chi connectivity index (χ3n) is 3.62. The van der Waals surface area contributed by atoms with Crippen LogP contribution in [0.15, 0.2) is 33.6 Å². The number of sulfonamides is 1. The van der Waals surface area contributed by atoms with Gasteiger partial charge >= 0.3 is 0 Å². The zero-order valence-electron chi connectivity index (χ0n) is 12.2. The van der Waals surface area contributed by atoms with Gasteiger partial charge in [0.15, 0.2) is 0 Å². The lowest BCUT2D eigenvalue weighted by molar-refractivity contribution is -0.120. The minimum Gasteiger partial charge on any atom is -0.369 e. The Kier molecular flexibility index (Phi) is 5.02. The highest BCUT2D eigenvalue weighted by molar-refractivity contribution is 7.90. The number of benzene rings is 1. The monoisotopic (exact) mass is 324 g/mol. The van der Waals surface area contributed by atoms with Gasteiger partial charge in [0.25, 0.3) is 10.0 Å². The van der Waals surface area contributed by atoms with Gasteiger partial charge in [-0.15, -0.1) is 4.40 Å². The normalized spacial score (nSPS) is 16.0. The van der Waals surface area contributed by atoms with Crippen molar-refractivity contribution in [2.24, 2.45) is 21.8 Å². The summed E-state index contributed by atoms with van der Waals surface area (Å²) in [6.07, 6.45) is 5.15. The fourth-order valence-corrected chi connectivity index (χ4v) is 3.37. The molecule has 0 unspecified atom stereocenters. The molecule has 0 aliphatic heterocycles. The van der Waals surface area contributed by atoms with E-state index in [1.54, 1.807) is 0 Å². The summed E-state index contributed by atoms with van der Waals surface area (Å²) >= 11 is 0. The van der Waals surface area contributed by atoms with Crippen LogP contribution in [-0.4, -0.2) is 20.3 Å². The molecule has 0 bridgehead atoms. The van der Waals surface area contributed by atoms with Gasteiger partial charge in [-0.25, -0.2) is 0 Å². The van der Waals surface area contributed by atoms with E-state index in [9.17, 15) is 13.2 Å². The first-order valence-electron chi connectivity index (χ1n) is 7.15. The zero-order valence-corrected chi connectivity index (χ0v) is 13.0. The van der Waals surface area contributed by atoms with E-state index in [-0.39, 0.29) is 16.7 Å². The maximum absolute atomic E-state index is 12.1. The highest BCUT2D eigenvalue weighted by Crippen LogP contribution is 2.25. The highest BCUT2D eigenvalue weighted by Gasteiger charge is 2.21. The molecular formula is C14H20N4O3S. The summed E-state index contributed by atoms with van der Waals surface area (Å²) in [5.41, 5.74) is 10.7. The molecule has 0 radical (unpaired) electrons. The molecule has 120 valence electrons. The maximum atomic E-state index is 12.1. The van der Waals surface area contributed by atoms with Gasteiger partial charge in [0.1, 0.15) is 0 Å². The number of carbonyl (C=O) groups is 1. The van der Waals surface area contributed by atoms with Crippen molar-refractivity contribution in [1.82, 2.24) is 0 Å². The second kappa shape index (κ2) is 6.78. The second-order valence-corrected chi connectivity index (χ2v) is 6.94. The van der Waals surface area contributed by atoms with Crippen molar-refractivity contribution >= 4 is 27.6 Å². The Morgan fingerprint density at radius 1 is 1.09 bits per heavy atom. The number of amides is 1. The SMILES string of the molecule is NC(N)=NS(=O)(=O)c1ccc(NC(=O)C2CCCCC2)cc1. The summed E-state index contributed by atoms with van der Waals surface area (Å²) < 4.78 is 26.8. The summed E-state index contributed by atoms with van der Waals surface area (Å²) in [5.74, 6) is -0.493. The van der Waals surface area contributed by atoms with Crippen molar-refractivity contribution in [3.8, 4) is 0 Å². The molecule has 22 heavy (non-hydrogen) atoms. The van der Waals surface area contributed by atoms with Crippen LogP contribution in [0.25, 0.3) is 0 Å². The van der Waals surface area contributed by atoms with Gasteiger partial charge in [-0.3, -0.25) is 4.79 Å². The van der Waals surface area contributed by atoms with E-state index in [1.807, 2.05) is 0 Å². The van der Waals surface area contributed by atoms with Crippen molar-refractivity contribution < 1.29 is 13.2 Å². The van der Waals surface area contributed by atoms with Crippen LogP contribution in [0, 0.1) is 5.92 Å². The quantitative estimate of drug-likeness (QED) is 0.566. The number of hydrogen-bond donors (Lipinski definition) is 3. The van der Waals surface area contributed by atoms with Crippen LogP contribution in [-0.2, 0) is 14.8 Å². The van der Waals surface area contributed by atoms with E-state index in [1.165, 1.54) is 30.7 Å². The molecule has 0 atom stereocenters. The van der Waals surface area contributed by atoms with Crippen LogP contribution in [0.1, 0.15) is 32.1 Å². The Morgan fingerprint density at radius 3 is 2.23 bits per heavy atom. The summed E-state index contributed by atoms with van der Waals surface area (Å²) in [7, 11) is -3.90. The standard InChI is InChI=1S/C14H20N4O3S/c15-14(16)18-22(20,21)12-8-6-11(7-9-12)17-13(19)10-4-2-1-3-5-10/h6-10H,1-5H2,(H,17,19)(H4,15,16,18). The van der Waals surface area contributed by atoms with Crippen LogP contribution in [0.2, 0.25) is 0 Å². The van der Waals surface area contributed by atoms with Crippen LogP contribution in [0.3, 0.4) is 0 Å². The molecule has 5 N–H and O–H groups in total. The number of nitrogens with one attached hydrogen (secondary N) is 1. The number of rotatable bonds is 4. The third kappa shape index (κ3) is 4.20. The van der Waals surface area contributed by atoms with Crippen molar-refractivity contribution in [3.63, 3.8) is 0 Å². The molecule has 2 rings (SSSR count). The largest absolute Gasteiger partial charge is 0.369 e. The molecule has 0 saturated heterocycles. The first-order valence-corrected chi connectivity index (χ1v) is 8.59. The first kappa shape index (κ1) is 16.3. The lowest BCUT2D eigenvalue weighted by Crippen LogP contribution is -2.25. The fraction of sp³-hybridized carbons (Fsp3) is 0.429. The number of carbonyl (C=O) groups excluding carboxylic acids is 1. The van der Waals surface area contributed by atoms with Crippen molar-refractivity contribution in [1.29, 1.82) is 0 Å². The van der Waals surface area contributed by atoms with E-state index in [0.717, 1.165) is 25.7 Å². The van der Waals surface area contributed by atoms with E-state index >= 15 is 0 Å². The van der Waals surface area contributed by atoms with Gasteiger partial charge in [0.2, 0.25) is 11.9 Å². The van der Waals surface area contributed by atoms with E-state index in [2.05, 4.69) is 9.71 Å². The lowest BCUT2D eigenvalue weighted by Gasteiger charge is -2.20. The predicted octanol–water partition coefficient (Wildman–Crippen LogP) is 1.17. The molecule has 0 spiro atoms. The van der Waals surface area contributed by atoms with Gasteiger partial charge in [-0.05, 0) is 37.1 Å². The van der Waals surface area contributed by atoms with E-state index in [4.69, 9.17) is 11.5 Å². The van der Waals surface area contributed by atoms with Crippen LogP contribution in [0.5, 0.6) is 0 Å². The van der Waals surface area contributed by atoms with Crippen LogP contribution < -0.4 is 16.8 Å². The minimum atomic E-state index is -3.90. The molecule has 1 aromatic rings. The molecule has 0 aromatic heterocycles.